The Hall–Kier alpha value is -1.81. The van der Waals surface area contributed by atoms with E-state index < -0.39 is 0 Å². The first-order valence-electron chi connectivity index (χ1n) is 6.45. The van der Waals surface area contributed by atoms with Crippen molar-refractivity contribution in [1.29, 1.82) is 0 Å². The van der Waals surface area contributed by atoms with Gasteiger partial charge in [0.2, 0.25) is 0 Å². The Balaban J connectivity index is 2.26. The van der Waals surface area contributed by atoms with Gasteiger partial charge in [0.05, 0.1) is 5.69 Å². The Morgan fingerprint density at radius 2 is 2.00 bits per heavy atom. The van der Waals surface area contributed by atoms with Crippen molar-refractivity contribution >= 4 is 0 Å². The second-order valence-electron chi connectivity index (χ2n) is 4.84. The minimum Gasteiger partial charge on any atom is -0.453 e. The Kier molecular flexibility index (Phi) is 3.90. The predicted molar refractivity (Wildman–Crippen MR) is 76.7 cm³/mol. The van der Waals surface area contributed by atoms with Crippen LogP contribution >= 0.6 is 0 Å². The largest absolute Gasteiger partial charge is 0.453 e. The number of aromatic nitrogens is 2. The molecule has 4 nitrogen and oxygen atoms in total. The van der Waals surface area contributed by atoms with Crippen LogP contribution in [0.15, 0.2) is 18.2 Å². The summed E-state index contributed by atoms with van der Waals surface area (Å²) in [4.78, 5) is 0. The van der Waals surface area contributed by atoms with E-state index >= 15 is 0 Å². The molecule has 1 heterocycles. The Bertz CT molecular complexity index is 587. The summed E-state index contributed by atoms with van der Waals surface area (Å²) in [7, 11) is 3.88. The molecule has 1 aromatic carbocycles. The van der Waals surface area contributed by atoms with Crippen LogP contribution in [-0.2, 0) is 13.6 Å². The van der Waals surface area contributed by atoms with E-state index in [0.717, 1.165) is 29.4 Å². The topological polar surface area (TPSA) is 39.1 Å². The van der Waals surface area contributed by atoms with Crippen LogP contribution in [0, 0.1) is 20.8 Å². The van der Waals surface area contributed by atoms with Gasteiger partial charge in [-0.25, -0.2) is 0 Å². The average molecular weight is 259 g/mol. The van der Waals surface area contributed by atoms with Gasteiger partial charge in [-0.2, -0.15) is 5.10 Å². The zero-order chi connectivity index (χ0) is 14.0. The Morgan fingerprint density at radius 3 is 2.53 bits per heavy atom. The van der Waals surface area contributed by atoms with E-state index in [1.165, 1.54) is 11.1 Å². The normalized spacial score (nSPS) is 10.8. The van der Waals surface area contributed by atoms with E-state index in [1.807, 2.05) is 38.7 Å². The summed E-state index contributed by atoms with van der Waals surface area (Å²) in [5, 5.41) is 7.52. The maximum atomic E-state index is 5.97. The van der Waals surface area contributed by atoms with E-state index in [9.17, 15) is 0 Å². The van der Waals surface area contributed by atoms with E-state index in [2.05, 4.69) is 29.5 Å². The molecule has 0 saturated heterocycles. The van der Waals surface area contributed by atoms with Crippen LogP contribution in [0.2, 0.25) is 0 Å². The molecule has 0 aliphatic heterocycles. The van der Waals surface area contributed by atoms with Gasteiger partial charge >= 0.3 is 0 Å². The number of rotatable bonds is 4. The van der Waals surface area contributed by atoms with E-state index in [-0.39, 0.29) is 0 Å². The molecule has 0 unspecified atom stereocenters. The van der Waals surface area contributed by atoms with Crippen molar-refractivity contribution in [3.05, 3.63) is 40.7 Å². The molecule has 0 bridgehead atoms. The summed E-state index contributed by atoms with van der Waals surface area (Å²) in [6.07, 6.45) is 0. The van der Waals surface area contributed by atoms with Crippen LogP contribution in [0.5, 0.6) is 11.5 Å². The molecule has 1 N–H and O–H groups in total. The fourth-order valence-electron chi connectivity index (χ4n) is 2.14. The molecule has 0 fully saturated rings. The monoisotopic (exact) mass is 259 g/mol. The molecule has 2 aromatic rings. The third-order valence-corrected chi connectivity index (χ3v) is 3.34. The van der Waals surface area contributed by atoms with Crippen molar-refractivity contribution < 1.29 is 4.74 Å². The molecule has 4 heteroatoms. The third kappa shape index (κ3) is 2.79. The second kappa shape index (κ2) is 5.45. The van der Waals surface area contributed by atoms with Crippen molar-refractivity contribution in [2.75, 3.05) is 7.05 Å². The second-order valence-corrected chi connectivity index (χ2v) is 4.84. The SMILES string of the molecule is CNCc1ccc(Oc2c(C)nn(C)c2C)cc1C. The van der Waals surface area contributed by atoms with Crippen LogP contribution < -0.4 is 10.1 Å². The molecule has 1 aromatic heterocycles. The van der Waals surface area contributed by atoms with Crippen molar-refractivity contribution in [3.8, 4) is 11.5 Å². The first kappa shape index (κ1) is 13.6. The number of nitrogens with zero attached hydrogens (tertiary/aromatic N) is 2. The molecule has 0 atom stereocenters. The Morgan fingerprint density at radius 1 is 1.26 bits per heavy atom. The maximum absolute atomic E-state index is 5.97. The highest BCUT2D eigenvalue weighted by atomic mass is 16.5. The molecule has 102 valence electrons. The van der Waals surface area contributed by atoms with Crippen molar-refractivity contribution in [3.63, 3.8) is 0 Å². The molecule has 2 rings (SSSR count). The minimum absolute atomic E-state index is 0.850. The van der Waals surface area contributed by atoms with Gasteiger partial charge in [0.25, 0.3) is 0 Å². The number of hydrogen-bond donors (Lipinski definition) is 1. The molecule has 0 spiro atoms. The zero-order valence-corrected chi connectivity index (χ0v) is 12.2. The van der Waals surface area contributed by atoms with Crippen LogP contribution in [0.1, 0.15) is 22.5 Å². The van der Waals surface area contributed by atoms with Gasteiger partial charge in [-0.3, -0.25) is 4.68 Å². The number of ether oxygens (including phenoxy) is 1. The first-order valence-corrected chi connectivity index (χ1v) is 6.45. The summed E-state index contributed by atoms with van der Waals surface area (Å²) in [5.74, 6) is 1.71. The molecule has 0 amide bonds. The summed E-state index contributed by atoms with van der Waals surface area (Å²) in [6.45, 7) is 6.95. The molecule has 0 aliphatic carbocycles. The van der Waals surface area contributed by atoms with Gasteiger partial charge in [0.15, 0.2) is 5.75 Å². The van der Waals surface area contributed by atoms with Crippen molar-refractivity contribution in [2.24, 2.45) is 7.05 Å². The molecule has 0 radical (unpaired) electrons. The van der Waals surface area contributed by atoms with Crippen LogP contribution in [0.4, 0.5) is 0 Å². The summed E-state index contributed by atoms with van der Waals surface area (Å²) in [5.41, 5.74) is 4.46. The van der Waals surface area contributed by atoms with E-state index in [4.69, 9.17) is 4.74 Å². The molecule has 0 aliphatic rings. The number of aryl methyl sites for hydroxylation is 3. The van der Waals surface area contributed by atoms with Gasteiger partial charge in [-0.1, -0.05) is 6.07 Å². The van der Waals surface area contributed by atoms with Gasteiger partial charge in [0.1, 0.15) is 11.4 Å². The number of nitrogens with one attached hydrogen (secondary N) is 1. The molecule has 0 saturated carbocycles. The van der Waals surface area contributed by atoms with Gasteiger partial charge in [0, 0.05) is 13.6 Å². The Labute approximate surface area is 114 Å². The first-order chi connectivity index (χ1) is 9.02. The highest BCUT2D eigenvalue weighted by Crippen LogP contribution is 2.29. The molecular formula is C15H21N3O. The maximum Gasteiger partial charge on any atom is 0.171 e. The highest BCUT2D eigenvalue weighted by Gasteiger charge is 2.12. The highest BCUT2D eigenvalue weighted by molar-refractivity contribution is 5.40. The fraction of sp³-hybridized carbons (Fsp3) is 0.400. The zero-order valence-electron chi connectivity index (χ0n) is 12.2. The van der Waals surface area contributed by atoms with Crippen LogP contribution in [0.25, 0.3) is 0 Å². The number of benzene rings is 1. The summed E-state index contributed by atoms with van der Waals surface area (Å²) < 4.78 is 7.81. The average Bonchev–Trinajstić information content (AvgIpc) is 2.60. The lowest BCUT2D eigenvalue weighted by atomic mass is 10.1. The molecule has 19 heavy (non-hydrogen) atoms. The van der Waals surface area contributed by atoms with E-state index in [1.54, 1.807) is 0 Å². The third-order valence-electron chi connectivity index (χ3n) is 3.34. The smallest absolute Gasteiger partial charge is 0.171 e. The van der Waals surface area contributed by atoms with Crippen molar-refractivity contribution in [1.82, 2.24) is 15.1 Å². The fourth-order valence-corrected chi connectivity index (χ4v) is 2.14. The minimum atomic E-state index is 0.850. The molecular weight excluding hydrogens is 238 g/mol. The lowest BCUT2D eigenvalue weighted by molar-refractivity contribution is 0.473. The van der Waals surface area contributed by atoms with E-state index in [0.29, 0.717) is 0 Å². The lowest BCUT2D eigenvalue weighted by Gasteiger charge is -2.10. The predicted octanol–water partition coefficient (Wildman–Crippen LogP) is 2.86. The van der Waals surface area contributed by atoms with Gasteiger partial charge in [-0.15, -0.1) is 0 Å². The van der Waals surface area contributed by atoms with Crippen molar-refractivity contribution in [2.45, 2.75) is 27.3 Å². The number of hydrogen-bond acceptors (Lipinski definition) is 3. The van der Waals surface area contributed by atoms with Crippen LogP contribution in [0.3, 0.4) is 0 Å². The quantitative estimate of drug-likeness (QED) is 0.917. The lowest BCUT2D eigenvalue weighted by Crippen LogP contribution is -2.06. The summed E-state index contributed by atoms with van der Waals surface area (Å²) in [6, 6.07) is 6.17. The van der Waals surface area contributed by atoms with Gasteiger partial charge < -0.3 is 10.1 Å². The van der Waals surface area contributed by atoms with Gasteiger partial charge in [-0.05, 0) is 51.1 Å². The summed E-state index contributed by atoms with van der Waals surface area (Å²) >= 11 is 0. The van der Waals surface area contributed by atoms with Crippen LogP contribution in [-0.4, -0.2) is 16.8 Å². The standard InChI is InChI=1S/C15H21N3O/c1-10-8-14(7-6-13(10)9-16-4)19-15-11(2)17-18(5)12(15)3/h6-8,16H,9H2,1-5H3.